The van der Waals surface area contributed by atoms with Crippen LogP contribution in [0.4, 0.5) is 17.5 Å². The van der Waals surface area contributed by atoms with E-state index in [1.807, 2.05) is 19.2 Å². The summed E-state index contributed by atoms with van der Waals surface area (Å²) in [6.07, 6.45) is 6.02. The highest BCUT2D eigenvalue weighted by Crippen LogP contribution is 2.37. The fourth-order valence-electron chi connectivity index (χ4n) is 5.35. The highest BCUT2D eigenvalue weighted by atomic mass is 15.4. The van der Waals surface area contributed by atoms with E-state index in [1.165, 1.54) is 12.8 Å². The number of hydrazone groups is 1. The first-order chi connectivity index (χ1) is 15.6. The summed E-state index contributed by atoms with van der Waals surface area (Å²) in [7, 11) is 1.91. The van der Waals surface area contributed by atoms with Crippen molar-refractivity contribution in [2.24, 2.45) is 5.10 Å². The molecule has 3 aliphatic rings. The Kier molecular flexibility index (Phi) is 5.70. The lowest BCUT2D eigenvalue weighted by Crippen LogP contribution is -2.47. The summed E-state index contributed by atoms with van der Waals surface area (Å²) < 4.78 is 0. The zero-order valence-electron chi connectivity index (χ0n) is 18.7. The third kappa shape index (κ3) is 4.15. The molecular formula is C23H31N9. The van der Waals surface area contributed by atoms with Crippen molar-refractivity contribution in [1.29, 1.82) is 5.26 Å². The van der Waals surface area contributed by atoms with Gasteiger partial charge in [-0.2, -0.15) is 15.3 Å². The lowest BCUT2D eigenvalue weighted by atomic mass is 9.97. The van der Waals surface area contributed by atoms with E-state index in [0.717, 1.165) is 54.1 Å². The molecule has 0 aliphatic carbocycles. The molecule has 2 fully saturated rings. The van der Waals surface area contributed by atoms with Crippen molar-refractivity contribution < 1.29 is 0 Å². The van der Waals surface area contributed by atoms with Gasteiger partial charge in [-0.25, -0.2) is 4.98 Å². The Bertz CT molecular complexity index is 1050. The van der Waals surface area contributed by atoms with Crippen LogP contribution in [0.25, 0.3) is 10.9 Å². The van der Waals surface area contributed by atoms with E-state index in [4.69, 9.17) is 15.2 Å². The van der Waals surface area contributed by atoms with E-state index < -0.39 is 0 Å². The predicted octanol–water partition coefficient (Wildman–Crippen LogP) is 3.10. The van der Waals surface area contributed by atoms with E-state index in [2.05, 4.69) is 50.4 Å². The van der Waals surface area contributed by atoms with Gasteiger partial charge in [0, 0.05) is 61.7 Å². The lowest BCUT2D eigenvalue weighted by molar-refractivity contribution is 0.135. The molecule has 2 aromatic rings. The smallest absolute Gasteiger partial charge is 0.225 e. The van der Waals surface area contributed by atoms with Crippen LogP contribution in [-0.4, -0.2) is 58.5 Å². The third-order valence-electron chi connectivity index (χ3n) is 6.87. The number of hydrogen-bond donors (Lipinski definition) is 4. The van der Waals surface area contributed by atoms with E-state index >= 15 is 0 Å². The molecule has 0 saturated carbocycles. The molecule has 0 amide bonds. The first-order valence-corrected chi connectivity index (χ1v) is 11.6. The number of aromatic nitrogens is 2. The summed E-state index contributed by atoms with van der Waals surface area (Å²) in [6.45, 7) is 3.00. The Balaban J connectivity index is 1.38. The zero-order chi connectivity index (χ0) is 22.1. The highest BCUT2D eigenvalue weighted by molar-refractivity contribution is 6.03. The number of piperidine rings is 1. The summed E-state index contributed by atoms with van der Waals surface area (Å²) >= 11 is 0. The zero-order valence-corrected chi connectivity index (χ0v) is 18.7. The molecule has 168 valence electrons. The standard InChI is InChI=1S/C23H31N9/c1-14-10-21(31-30-14)28-22-19-7-4-15(25-2)13-20(19)27-23(29-22)26-16-11-17-5-6-18(12-16)32(17)9-3-8-24/h4,7,13-14,16-18,25,30H,3,5-6,9-12H2,1-2H3,(H2,26,27,28,29,31)/t14?,16-,17-,18+. The number of anilines is 3. The molecule has 32 heavy (non-hydrogen) atoms. The van der Waals surface area contributed by atoms with Gasteiger partial charge in [-0.15, -0.1) is 0 Å². The van der Waals surface area contributed by atoms with Crippen LogP contribution in [0.15, 0.2) is 23.3 Å². The molecule has 4 atom stereocenters. The monoisotopic (exact) mass is 433 g/mol. The van der Waals surface area contributed by atoms with Crippen LogP contribution in [0.2, 0.25) is 0 Å². The van der Waals surface area contributed by atoms with Gasteiger partial charge in [-0.1, -0.05) is 0 Å². The van der Waals surface area contributed by atoms with E-state index in [0.29, 0.717) is 36.5 Å². The van der Waals surface area contributed by atoms with Crippen LogP contribution in [0.1, 0.15) is 45.4 Å². The third-order valence-corrected chi connectivity index (χ3v) is 6.87. The maximum absolute atomic E-state index is 8.97. The van der Waals surface area contributed by atoms with E-state index in [1.54, 1.807) is 0 Å². The molecule has 9 heteroatoms. The van der Waals surface area contributed by atoms with Gasteiger partial charge in [-0.05, 0) is 50.8 Å². The molecule has 9 nitrogen and oxygen atoms in total. The van der Waals surface area contributed by atoms with E-state index in [-0.39, 0.29) is 0 Å². The van der Waals surface area contributed by atoms with E-state index in [9.17, 15) is 0 Å². The molecule has 4 heterocycles. The summed E-state index contributed by atoms with van der Waals surface area (Å²) in [5, 5.41) is 24.6. The fourth-order valence-corrected chi connectivity index (χ4v) is 5.35. The molecule has 3 aliphatic heterocycles. The first kappa shape index (κ1) is 20.8. The lowest BCUT2D eigenvalue weighted by Gasteiger charge is -2.38. The van der Waals surface area contributed by atoms with Crippen molar-refractivity contribution in [1.82, 2.24) is 20.3 Å². The quantitative estimate of drug-likeness (QED) is 0.550. The van der Waals surface area contributed by atoms with Crippen molar-refractivity contribution in [3.63, 3.8) is 0 Å². The Labute approximate surface area is 188 Å². The number of amidine groups is 1. The Morgan fingerprint density at radius 1 is 1.22 bits per heavy atom. The summed E-state index contributed by atoms with van der Waals surface area (Å²) in [5.74, 6) is 2.33. The molecule has 1 aromatic carbocycles. The molecule has 4 N–H and O–H groups in total. The summed E-state index contributed by atoms with van der Waals surface area (Å²) in [6, 6.07) is 10.2. The average molecular weight is 434 g/mol. The molecular weight excluding hydrogens is 402 g/mol. The van der Waals surface area contributed by atoms with Crippen LogP contribution in [0.3, 0.4) is 0 Å². The maximum Gasteiger partial charge on any atom is 0.225 e. The predicted molar refractivity (Wildman–Crippen MR) is 128 cm³/mol. The minimum atomic E-state index is 0.320. The summed E-state index contributed by atoms with van der Waals surface area (Å²) in [4.78, 5) is 12.3. The topological polar surface area (TPSA) is 113 Å². The molecule has 0 spiro atoms. The van der Waals surface area contributed by atoms with Crippen LogP contribution < -0.4 is 21.4 Å². The maximum atomic E-state index is 8.97. The molecule has 1 aromatic heterocycles. The second-order valence-electron chi connectivity index (χ2n) is 9.14. The SMILES string of the molecule is CNc1ccc2c(NC3=NNC(C)C3)nc(N[C@@H]3C[C@H]4CC[C@@H](C3)N4CCC#N)nc2c1. The normalized spacial score (nSPS) is 27.0. The number of rotatable bonds is 6. The number of fused-ring (bicyclic) bond motifs is 3. The van der Waals surface area contributed by atoms with Gasteiger partial charge in [0.05, 0.1) is 11.6 Å². The van der Waals surface area contributed by atoms with Gasteiger partial charge in [0.15, 0.2) is 0 Å². The van der Waals surface area contributed by atoms with Crippen LogP contribution in [-0.2, 0) is 0 Å². The molecule has 5 rings (SSSR count). The average Bonchev–Trinajstić information content (AvgIpc) is 3.30. The Morgan fingerprint density at radius 3 is 2.72 bits per heavy atom. The van der Waals surface area contributed by atoms with Gasteiger partial charge >= 0.3 is 0 Å². The number of hydrogen-bond acceptors (Lipinski definition) is 9. The van der Waals surface area contributed by atoms with Gasteiger partial charge in [-0.3, -0.25) is 4.90 Å². The molecule has 1 unspecified atom stereocenters. The number of nitriles is 1. The van der Waals surface area contributed by atoms with Crippen LogP contribution in [0, 0.1) is 11.3 Å². The number of benzene rings is 1. The van der Waals surface area contributed by atoms with Crippen molar-refractivity contribution in [3.8, 4) is 6.07 Å². The van der Waals surface area contributed by atoms with Gasteiger partial charge in [0.25, 0.3) is 0 Å². The van der Waals surface area contributed by atoms with Crippen LogP contribution >= 0.6 is 0 Å². The van der Waals surface area contributed by atoms with Gasteiger partial charge in [0.2, 0.25) is 5.95 Å². The van der Waals surface area contributed by atoms with Crippen molar-refractivity contribution in [2.75, 3.05) is 29.5 Å². The second-order valence-corrected chi connectivity index (χ2v) is 9.14. The van der Waals surface area contributed by atoms with Gasteiger partial charge in [0.1, 0.15) is 11.7 Å². The molecule has 2 bridgehead atoms. The van der Waals surface area contributed by atoms with Crippen molar-refractivity contribution in [3.05, 3.63) is 18.2 Å². The highest BCUT2D eigenvalue weighted by Gasteiger charge is 2.40. The largest absolute Gasteiger partial charge is 0.388 e. The second kappa shape index (κ2) is 8.79. The molecule has 2 saturated heterocycles. The van der Waals surface area contributed by atoms with Crippen molar-refractivity contribution >= 4 is 34.2 Å². The number of nitrogens with one attached hydrogen (secondary N) is 4. The minimum absolute atomic E-state index is 0.320. The van der Waals surface area contributed by atoms with Crippen molar-refractivity contribution in [2.45, 2.75) is 69.6 Å². The fraction of sp³-hybridized carbons (Fsp3) is 0.565. The summed E-state index contributed by atoms with van der Waals surface area (Å²) in [5.41, 5.74) is 5.02. The van der Waals surface area contributed by atoms with Gasteiger partial charge < -0.3 is 21.4 Å². The number of nitrogens with zero attached hydrogens (tertiary/aromatic N) is 5. The first-order valence-electron chi connectivity index (χ1n) is 11.6. The van der Waals surface area contributed by atoms with Crippen LogP contribution in [0.5, 0.6) is 0 Å². The molecule has 0 radical (unpaired) electrons. The Morgan fingerprint density at radius 2 is 2.03 bits per heavy atom. The minimum Gasteiger partial charge on any atom is -0.388 e. The Hall–Kier alpha value is -3.12.